The highest BCUT2D eigenvalue weighted by Crippen LogP contribution is 2.39. The summed E-state index contributed by atoms with van der Waals surface area (Å²) in [5, 5.41) is 2.10. The molecule has 0 N–H and O–H groups in total. The molecule has 0 bridgehead atoms. The minimum Gasteiger partial charge on any atom is -0.455 e. The molecule has 4 heteroatoms. The van der Waals surface area contributed by atoms with Crippen molar-refractivity contribution in [1.29, 1.82) is 0 Å². The van der Waals surface area contributed by atoms with Crippen LogP contribution >= 0.6 is 0 Å². The van der Waals surface area contributed by atoms with Crippen LogP contribution in [0, 0.1) is 0 Å². The van der Waals surface area contributed by atoms with E-state index < -0.39 is 0 Å². The summed E-state index contributed by atoms with van der Waals surface area (Å²) in [6.45, 7) is 0. The molecule has 0 radical (unpaired) electrons. The number of nitrogens with zero attached hydrogens (tertiary/aromatic N) is 3. The first-order valence-corrected chi connectivity index (χ1v) is 12.2. The number of rotatable bonds is 4. The van der Waals surface area contributed by atoms with Crippen LogP contribution in [0.25, 0.3) is 67.2 Å². The van der Waals surface area contributed by atoms with Gasteiger partial charge in [-0.2, -0.15) is 0 Å². The third kappa shape index (κ3) is 3.85. The number of benzene rings is 5. The van der Waals surface area contributed by atoms with E-state index in [0.29, 0.717) is 17.5 Å². The Bertz CT molecular complexity index is 1800. The summed E-state index contributed by atoms with van der Waals surface area (Å²) < 4.78 is 6.36. The predicted molar refractivity (Wildman–Crippen MR) is 149 cm³/mol. The maximum Gasteiger partial charge on any atom is 0.164 e. The molecular formula is C33H21N3O. The van der Waals surface area contributed by atoms with Gasteiger partial charge in [0.2, 0.25) is 0 Å². The van der Waals surface area contributed by atoms with E-state index in [2.05, 4.69) is 30.3 Å². The van der Waals surface area contributed by atoms with Gasteiger partial charge in [0.15, 0.2) is 17.5 Å². The Labute approximate surface area is 213 Å². The van der Waals surface area contributed by atoms with Crippen molar-refractivity contribution in [2.24, 2.45) is 0 Å². The topological polar surface area (TPSA) is 51.8 Å². The fourth-order valence-electron chi connectivity index (χ4n) is 4.73. The lowest BCUT2D eigenvalue weighted by atomic mass is 9.98. The number of hydrogen-bond donors (Lipinski definition) is 0. The molecule has 0 aliphatic carbocycles. The third-order valence-electron chi connectivity index (χ3n) is 6.52. The maximum absolute atomic E-state index is 6.36. The quantitative estimate of drug-likeness (QED) is 0.256. The van der Waals surface area contributed by atoms with E-state index in [4.69, 9.17) is 19.4 Å². The van der Waals surface area contributed by atoms with Crippen molar-refractivity contribution >= 4 is 21.9 Å². The summed E-state index contributed by atoms with van der Waals surface area (Å²) in [5.41, 5.74) is 6.60. The average Bonchev–Trinajstić information content (AvgIpc) is 3.36. The van der Waals surface area contributed by atoms with Crippen LogP contribution in [0.5, 0.6) is 0 Å². The zero-order chi connectivity index (χ0) is 24.6. The summed E-state index contributed by atoms with van der Waals surface area (Å²) in [4.78, 5) is 14.7. The van der Waals surface area contributed by atoms with Crippen molar-refractivity contribution in [3.05, 3.63) is 127 Å². The van der Waals surface area contributed by atoms with Crippen LogP contribution in [0.3, 0.4) is 0 Å². The Hall–Kier alpha value is -5.09. The Kier molecular flexibility index (Phi) is 5.07. The van der Waals surface area contributed by atoms with Crippen molar-refractivity contribution in [3.8, 4) is 45.3 Å². The first-order valence-electron chi connectivity index (χ1n) is 12.2. The molecule has 0 atom stereocenters. The minimum absolute atomic E-state index is 0.622. The monoisotopic (exact) mass is 475 g/mol. The van der Waals surface area contributed by atoms with Crippen LogP contribution in [0.15, 0.2) is 132 Å². The van der Waals surface area contributed by atoms with Crippen LogP contribution in [0.2, 0.25) is 0 Å². The lowest BCUT2D eigenvalue weighted by Gasteiger charge is -2.10. The fraction of sp³-hybridized carbons (Fsp3) is 0. The van der Waals surface area contributed by atoms with E-state index in [9.17, 15) is 0 Å². The van der Waals surface area contributed by atoms with Gasteiger partial charge in [-0.05, 0) is 23.8 Å². The van der Waals surface area contributed by atoms with Crippen LogP contribution < -0.4 is 0 Å². The van der Waals surface area contributed by atoms with E-state index in [-0.39, 0.29) is 0 Å². The average molecular weight is 476 g/mol. The Morgan fingerprint density at radius 2 is 0.892 bits per heavy atom. The highest BCUT2D eigenvalue weighted by Gasteiger charge is 2.18. The second kappa shape index (κ2) is 8.85. The number of para-hydroxylation sites is 1. The summed E-state index contributed by atoms with van der Waals surface area (Å²) in [6.07, 6.45) is 0. The smallest absolute Gasteiger partial charge is 0.164 e. The maximum atomic E-state index is 6.36. The molecule has 5 aromatic carbocycles. The molecule has 2 aromatic heterocycles. The molecule has 0 aliphatic heterocycles. The molecule has 7 rings (SSSR count). The molecule has 174 valence electrons. The van der Waals surface area contributed by atoms with Gasteiger partial charge in [0.1, 0.15) is 11.2 Å². The van der Waals surface area contributed by atoms with Crippen molar-refractivity contribution in [3.63, 3.8) is 0 Å². The molecule has 0 saturated heterocycles. The van der Waals surface area contributed by atoms with E-state index in [1.807, 2.05) is 97.1 Å². The Balaban J connectivity index is 1.52. The van der Waals surface area contributed by atoms with Gasteiger partial charge < -0.3 is 4.42 Å². The molecule has 4 nitrogen and oxygen atoms in total. The molecular weight excluding hydrogens is 454 g/mol. The highest BCUT2D eigenvalue weighted by atomic mass is 16.3. The predicted octanol–water partition coefficient (Wildman–Crippen LogP) is 8.44. The van der Waals surface area contributed by atoms with Crippen molar-refractivity contribution in [2.45, 2.75) is 0 Å². The number of furan rings is 1. The van der Waals surface area contributed by atoms with E-state index in [0.717, 1.165) is 49.8 Å². The highest BCUT2D eigenvalue weighted by molar-refractivity contribution is 6.11. The summed E-state index contributed by atoms with van der Waals surface area (Å²) in [7, 11) is 0. The van der Waals surface area contributed by atoms with Crippen molar-refractivity contribution in [1.82, 2.24) is 15.0 Å². The molecule has 0 unspecified atom stereocenters. The summed E-state index contributed by atoms with van der Waals surface area (Å²) in [6, 6.07) is 42.8. The lowest BCUT2D eigenvalue weighted by molar-refractivity contribution is 0.670. The van der Waals surface area contributed by atoms with Gasteiger partial charge in [-0.3, -0.25) is 0 Å². The van der Waals surface area contributed by atoms with Gasteiger partial charge in [0.25, 0.3) is 0 Å². The van der Waals surface area contributed by atoms with E-state index in [1.54, 1.807) is 0 Å². The summed E-state index contributed by atoms with van der Waals surface area (Å²) in [5.74, 6) is 1.91. The summed E-state index contributed by atoms with van der Waals surface area (Å²) >= 11 is 0. The first kappa shape index (κ1) is 21.2. The van der Waals surface area contributed by atoms with Crippen molar-refractivity contribution in [2.75, 3.05) is 0 Å². The number of fused-ring (bicyclic) bond motifs is 3. The normalized spacial score (nSPS) is 11.2. The molecule has 0 spiro atoms. The zero-order valence-corrected chi connectivity index (χ0v) is 19.9. The first-order chi connectivity index (χ1) is 18.3. The Morgan fingerprint density at radius 1 is 0.405 bits per heavy atom. The zero-order valence-electron chi connectivity index (χ0n) is 19.9. The molecule has 2 heterocycles. The second-order valence-corrected chi connectivity index (χ2v) is 8.90. The second-order valence-electron chi connectivity index (χ2n) is 8.90. The molecule has 7 aromatic rings. The third-order valence-corrected chi connectivity index (χ3v) is 6.52. The van der Waals surface area contributed by atoms with Gasteiger partial charge in [-0.1, -0.05) is 109 Å². The molecule has 0 amide bonds. The fourth-order valence-corrected chi connectivity index (χ4v) is 4.73. The lowest BCUT2D eigenvalue weighted by Crippen LogP contribution is -2.00. The van der Waals surface area contributed by atoms with Gasteiger partial charge >= 0.3 is 0 Å². The van der Waals surface area contributed by atoms with Crippen LogP contribution in [-0.4, -0.2) is 15.0 Å². The van der Waals surface area contributed by atoms with Crippen LogP contribution in [0.1, 0.15) is 0 Å². The standard InChI is InChI=1S/C33H21N3O/c1-4-12-22(13-5-1)27-20-25(21-28-26-18-10-11-19-29(26)37-30(27)28)33-35-31(23-14-6-2-7-15-23)34-32(36-33)24-16-8-3-9-17-24/h1-21H. The van der Waals surface area contributed by atoms with Gasteiger partial charge in [-0.15, -0.1) is 0 Å². The molecule has 0 saturated carbocycles. The largest absolute Gasteiger partial charge is 0.455 e. The number of hydrogen-bond acceptors (Lipinski definition) is 4. The molecule has 0 fully saturated rings. The molecule has 0 aliphatic rings. The minimum atomic E-state index is 0.622. The van der Waals surface area contributed by atoms with Gasteiger partial charge in [-0.25, -0.2) is 15.0 Å². The van der Waals surface area contributed by atoms with Crippen molar-refractivity contribution < 1.29 is 4.42 Å². The Morgan fingerprint density at radius 3 is 1.49 bits per heavy atom. The molecule has 37 heavy (non-hydrogen) atoms. The SMILES string of the molecule is c1ccc(-c2nc(-c3ccccc3)nc(-c3cc(-c4ccccc4)c4oc5ccccc5c4c3)n2)cc1. The van der Waals surface area contributed by atoms with E-state index >= 15 is 0 Å². The van der Waals surface area contributed by atoms with Crippen LogP contribution in [-0.2, 0) is 0 Å². The van der Waals surface area contributed by atoms with E-state index in [1.165, 1.54) is 0 Å². The van der Waals surface area contributed by atoms with Gasteiger partial charge in [0.05, 0.1) is 0 Å². The number of aromatic nitrogens is 3. The van der Waals surface area contributed by atoms with Crippen LogP contribution in [0.4, 0.5) is 0 Å². The van der Waals surface area contributed by atoms with Gasteiger partial charge in [0, 0.05) is 33.0 Å².